The van der Waals surface area contributed by atoms with Gasteiger partial charge in [0.05, 0.1) is 12.0 Å². The number of aliphatic hydroxyl groups excluding tert-OH is 1. The summed E-state index contributed by atoms with van der Waals surface area (Å²) in [7, 11) is 0. The number of Topliss-reactive ketones (excluding diaryl/α,β-unsaturated/α-hetero) is 1. The van der Waals surface area contributed by atoms with Crippen LogP contribution in [-0.4, -0.2) is 23.3 Å². The van der Waals surface area contributed by atoms with Crippen molar-refractivity contribution in [2.45, 2.75) is 25.9 Å². The molecule has 0 spiro atoms. The van der Waals surface area contributed by atoms with Crippen molar-refractivity contribution in [3.05, 3.63) is 12.2 Å². The van der Waals surface area contributed by atoms with Crippen LogP contribution in [0.15, 0.2) is 12.2 Å². The van der Waals surface area contributed by atoms with Crippen LogP contribution in [0.25, 0.3) is 0 Å². The van der Waals surface area contributed by atoms with Gasteiger partial charge in [-0.3, -0.25) is 4.79 Å². The van der Waals surface area contributed by atoms with E-state index in [2.05, 4.69) is 0 Å². The Morgan fingerprint density at radius 3 is 2.92 bits per heavy atom. The van der Waals surface area contributed by atoms with E-state index in [0.717, 1.165) is 6.29 Å². The van der Waals surface area contributed by atoms with E-state index in [4.69, 9.17) is 0 Å². The van der Waals surface area contributed by atoms with Crippen LogP contribution in [0.2, 0.25) is 0 Å². The molecule has 72 valence electrons. The summed E-state index contributed by atoms with van der Waals surface area (Å²) >= 11 is 0. The van der Waals surface area contributed by atoms with Crippen LogP contribution in [0, 0.1) is 11.8 Å². The molecule has 1 N–H and O–H groups in total. The molecule has 0 aromatic rings. The molecule has 0 bridgehead atoms. The quantitative estimate of drug-likeness (QED) is 0.516. The van der Waals surface area contributed by atoms with E-state index in [1.807, 2.05) is 0 Å². The highest BCUT2D eigenvalue weighted by atomic mass is 16.3. The molecule has 0 heterocycles. The van der Waals surface area contributed by atoms with E-state index < -0.39 is 17.9 Å². The molecule has 0 aromatic carbocycles. The number of aliphatic hydroxyl groups is 1. The van der Waals surface area contributed by atoms with Gasteiger partial charge < -0.3 is 9.90 Å². The minimum Gasteiger partial charge on any atom is -0.392 e. The molecule has 3 heteroatoms. The first-order chi connectivity index (χ1) is 6.20. The van der Waals surface area contributed by atoms with Gasteiger partial charge in [-0.05, 0) is 6.42 Å². The maximum absolute atomic E-state index is 11.4. The molecule has 3 nitrogen and oxygen atoms in total. The molecule has 0 radical (unpaired) electrons. The predicted octanol–water partition coefficient (Wildman–Crippen LogP) is 0.718. The average molecular weight is 182 g/mol. The number of carbonyl (C=O) groups excluding carboxylic acids is 2. The van der Waals surface area contributed by atoms with E-state index in [1.54, 1.807) is 19.1 Å². The van der Waals surface area contributed by atoms with Crippen molar-refractivity contribution in [1.29, 1.82) is 0 Å². The zero-order valence-corrected chi connectivity index (χ0v) is 7.64. The van der Waals surface area contributed by atoms with Gasteiger partial charge in [0.2, 0.25) is 0 Å². The first kappa shape index (κ1) is 10.1. The molecule has 1 rings (SSSR count). The second-order valence-electron chi connectivity index (χ2n) is 3.29. The minimum absolute atomic E-state index is 0.0334. The monoisotopic (exact) mass is 182 g/mol. The molecule has 1 aliphatic carbocycles. The van der Waals surface area contributed by atoms with Gasteiger partial charge in [-0.1, -0.05) is 19.1 Å². The third-order valence-electron chi connectivity index (χ3n) is 2.44. The van der Waals surface area contributed by atoms with Crippen LogP contribution < -0.4 is 0 Å². The topological polar surface area (TPSA) is 54.4 Å². The lowest BCUT2D eigenvalue weighted by Crippen LogP contribution is -2.36. The second-order valence-corrected chi connectivity index (χ2v) is 3.29. The zero-order valence-electron chi connectivity index (χ0n) is 7.64. The molecular formula is C10H14O3. The highest BCUT2D eigenvalue weighted by Crippen LogP contribution is 2.25. The van der Waals surface area contributed by atoms with E-state index in [0.29, 0.717) is 12.8 Å². The molecule has 13 heavy (non-hydrogen) atoms. The summed E-state index contributed by atoms with van der Waals surface area (Å²) in [5.41, 5.74) is 0. The molecule has 3 unspecified atom stereocenters. The summed E-state index contributed by atoms with van der Waals surface area (Å²) in [5.74, 6) is -0.988. The predicted molar refractivity (Wildman–Crippen MR) is 48.1 cm³/mol. The van der Waals surface area contributed by atoms with E-state index in [1.165, 1.54) is 0 Å². The van der Waals surface area contributed by atoms with Crippen molar-refractivity contribution >= 4 is 12.1 Å². The average Bonchev–Trinajstić information content (AvgIpc) is 2.16. The maximum Gasteiger partial charge on any atom is 0.139 e. The Kier molecular flexibility index (Phi) is 3.37. The number of carbonyl (C=O) groups is 2. The van der Waals surface area contributed by atoms with Gasteiger partial charge in [-0.15, -0.1) is 0 Å². The SMILES string of the molecule is CCC(=O)C1C(C=O)C=CCC1O. The molecule has 0 saturated heterocycles. The Morgan fingerprint density at radius 1 is 1.69 bits per heavy atom. The molecule has 0 amide bonds. The summed E-state index contributed by atoms with van der Waals surface area (Å²) in [6, 6.07) is 0. The lowest BCUT2D eigenvalue weighted by atomic mass is 9.79. The number of hydrogen-bond acceptors (Lipinski definition) is 3. The normalized spacial score (nSPS) is 32.9. The van der Waals surface area contributed by atoms with Crippen molar-refractivity contribution in [2.24, 2.45) is 11.8 Å². The smallest absolute Gasteiger partial charge is 0.139 e. The van der Waals surface area contributed by atoms with Crippen LogP contribution in [0.3, 0.4) is 0 Å². The first-order valence-corrected chi connectivity index (χ1v) is 4.53. The summed E-state index contributed by atoms with van der Waals surface area (Å²) in [6.45, 7) is 1.75. The lowest BCUT2D eigenvalue weighted by Gasteiger charge is -2.27. The van der Waals surface area contributed by atoms with Crippen molar-refractivity contribution in [3.8, 4) is 0 Å². The maximum atomic E-state index is 11.4. The largest absolute Gasteiger partial charge is 0.392 e. The van der Waals surface area contributed by atoms with Gasteiger partial charge in [0.1, 0.15) is 12.1 Å². The van der Waals surface area contributed by atoms with Gasteiger partial charge in [0, 0.05) is 12.3 Å². The van der Waals surface area contributed by atoms with Crippen LogP contribution >= 0.6 is 0 Å². The van der Waals surface area contributed by atoms with Crippen molar-refractivity contribution < 1.29 is 14.7 Å². The van der Waals surface area contributed by atoms with Gasteiger partial charge in [0.25, 0.3) is 0 Å². The van der Waals surface area contributed by atoms with E-state index in [9.17, 15) is 14.7 Å². The fourth-order valence-corrected chi connectivity index (χ4v) is 1.69. The van der Waals surface area contributed by atoms with Gasteiger partial charge >= 0.3 is 0 Å². The molecule has 0 saturated carbocycles. The number of rotatable bonds is 3. The van der Waals surface area contributed by atoms with Gasteiger partial charge in [-0.25, -0.2) is 0 Å². The summed E-state index contributed by atoms with van der Waals surface area (Å²) in [6.07, 6.45) is 4.35. The molecule has 1 aliphatic rings. The second kappa shape index (κ2) is 4.33. The van der Waals surface area contributed by atoms with E-state index in [-0.39, 0.29) is 5.78 Å². The number of ketones is 1. The molecule has 0 fully saturated rings. The van der Waals surface area contributed by atoms with Crippen LogP contribution in [0.1, 0.15) is 19.8 Å². The van der Waals surface area contributed by atoms with Gasteiger partial charge in [0.15, 0.2) is 0 Å². The fourth-order valence-electron chi connectivity index (χ4n) is 1.69. The molecular weight excluding hydrogens is 168 g/mol. The summed E-state index contributed by atoms with van der Waals surface area (Å²) in [4.78, 5) is 22.0. The summed E-state index contributed by atoms with van der Waals surface area (Å²) < 4.78 is 0. The van der Waals surface area contributed by atoms with Gasteiger partial charge in [-0.2, -0.15) is 0 Å². The minimum atomic E-state index is -0.687. The Bertz CT molecular complexity index is 232. The number of hydrogen-bond donors (Lipinski definition) is 1. The van der Waals surface area contributed by atoms with Crippen LogP contribution in [0.5, 0.6) is 0 Å². The highest BCUT2D eigenvalue weighted by Gasteiger charge is 2.33. The zero-order chi connectivity index (χ0) is 9.84. The first-order valence-electron chi connectivity index (χ1n) is 4.53. The molecule has 0 aromatic heterocycles. The third-order valence-corrected chi connectivity index (χ3v) is 2.44. The Labute approximate surface area is 77.4 Å². The van der Waals surface area contributed by atoms with Crippen molar-refractivity contribution in [3.63, 3.8) is 0 Å². The lowest BCUT2D eigenvalue weighted by molar-refractivity contribution is -0.131. The standard InChI is InChI=1S/C10H14O3/c1-2-8(12)10-7(6-11)4-3-5-9(10)13/h3-4,6-7,9-10,13H,2,5H2,1H3. The number of aldehydes is 1. The Balaban J connectivity index is 2.82. The Hall–Kier alpha value is -0.960. The molecule has 3 atom stereocenters. The van der Waals surface area contributed by atoms with Crippen molar-refractivity contribution in [2.75, 3.05) is 0 Å². The summed E-state index contributed by atoms with van der Waals surface area (Å²) in [5, 5.41) is 9.54. The Morgan fingerprint density at radius 2 is 2.38 bits per heavy atom. The van der Waals surface area contributed by atoms with Crippen LogP contribution in [-0.2, 0) is 9.59 Å². The molecule has 0 aliphatic heterocycles. The highest BCUT2D eigenvalue weighted by molar-refractivity contribution is 5.85. The fraction of sp³-hybridized carbons (Fsp3) is 0.600. The van der Waals surface area contributed by atoms with E-state index >= 15 is 0 Å². The van der Waals surface area contributed by atoms with Crippen molar-refractivity contribution in [1.82, 2.24) is 0 Å². The number of allylic oxidation sites excluding steroid dienone is 1. The third kappa shape index (κ3) is 2.04. The van der Waals surface area contributed by atoms with Crippen LogP contribution in [0.4, 0.5) is 0 Å².